The van der Waals surface area contributed by atoms with Crippen LogP contribution in [0.25, 0.3) is 0 Å². The minimum Gasteiger partial charge on any atom is -0.454 e. The first-order valence-electron chi connectivity index (χ1n) is 6.73. The first-order chi connectivity index (χ1) is 10.6. The number of hydrogen-bond acceptors (Lipinski definition) is 6. The van der Waals surface area contributed by atoms with Gasteiger partial charge in [-0.1, -0.05) is 6.07 Å². The molecule has 2 aromatic rings. The highest BCUT2D eigenvalue weighted by Gasteiger charge is 2.27. The molecule has 2 N–H and O–H groups in total. The predicted octanol–water partition coefficient (Wildman–Crippen LogP) is 0.843. The van der Waals surface area contributed by atoms with Crippen LogP contribution in [-0.4, -0.2) is 34.3 Å². The van der Waals surface area contributed by atoms with Crippen molar-refractivity contribution in [2.45, 2.75) is 12.5 Å². The van der Waals surface area contributed by atoms with Crippen molar-refractivity contribution in [1.29, 1.82) is 0 Å². The number of carbonyl (C=O) groups is 1. The molecule has 3 rings (SSSR count). The summed E-state index contributed by atoms with van der Waals surface area (Å²) in [7, 11) is 0. The largest absolute Gasteiger partial charge is 0.454 e. The van der Waals surface area contributed by atoms with Crippen LogP contribution in [0.4, 0.5) is 0 Å². The zero-order chi connectivity index (χ0) is 15.6. The summed E-state index contributed by atoms with van der Waals surface area (Å²) in [5.74, 6) is 0.829. The molecule has 0 saturated heterocycles. The molecule has 2 heterocycles. The summed E-state index contributed by atoms with van der Waals surface area (Å²) in [4.78, 5) is 19.7. The Labute approximate surface area is 126 Å². The highest BCUT2D eigenvalue weighted by molar-refractivity contribution is 5.91. The monoisotopic (exact) mass is 301 g/mol. The molecule has 1 aliphatic rings. The molecule has 114 valence electrons. The lowest BCUT2D eigenvalue weighted by molar-refractivity contribution is 0.0523. The van der Waals surface area contributed by atoms with Gasteiger partial charge in [0, 0.05) is 12.4 Å². The van der Waals surface area contributed by atoms with Crippen molar-refractivity contribution in [3.63, 3.8) is 0 Å². The van der Waals surface area contributed by atoms with E-state index in [0.29, 0.717) is 17.1 Å². The normalized spacial score (nSPS) is 15.2. The van der Waals surface area contributed by atoms with Crippen LogP contribution >= 0.6 is 0 Å². The quantitative estimate of drug-likeness (QED) is 0.869. The molecule has 0 fully saturated rings. The van der Waals surface area contributed by atoms with Crippen LogP contribution in [0.2, 0.25) is 0 Å². The second kappa shape index (κ2) is 5.61. The summed E-state index contributed by atoms with van der Waals surface area (Å²) in [5, 5.41) is 13.2. The van der Waals surface area contributed by atoms with Gasteiger partial charge in [-0.15, -0.1) is 0 Å². The number of amides is 1. The Kier molecular flexibility index (Phi) is 3.64. The molecule has 0 saturated carbocycles. The Balaban J connectivity index is 1.69. The molecule has 1 aliphatic heterocycles. The molecule has 1 amide bonds. The second-order valence-corrected chi connectivity index (χ2v) is 5.12. The van der Waals surface area contributed by atoms with Crippen molar-refractivity contribution < 1.29 is 19.4 Å². The van der Waals surface area contributed by atoms with Gasteiger partial charge in [0.1, 0.15) is 11.3 Å². The van der Waals surface area contributed by atoms with Gasteiger partial charge in [-0.2, -0.15) is 0 Å². The van der Waals surface area contributed by atoms with E-state index in [9.17, 15) is 9.90 Å². The summed E-state index contributed by atoms with van der Waals surface area (Å²) in [6.45, 7) is 1.81. The summed E-state index contributed by atoms with van der Waals surface area (Å²) in [6.07, 6.45) is 4.29. The Morgan fingerprint density at radius 2 is 2.18 bits per heavy atom. The van der Waals surface area contributed by atoms with Crippen molar-refractivity contribution in [2.24, 2.45) is 0 Å². The number of nitrogens with one attached hydrogen (secondary N) is 1. The van der Waals surface area contributed by atoms with Crippen LogP contribution < -0.4 is 14.8 Å². The lowest BCUT2D eigenvalue weighted by atomic mass is 9.95. The van der Waals surface area contributed by atoms with E-state index in [1.54, 1.807) is 25.1 Å². The number of rotatable bonds is 4. The molecule has 1 aromatic carbocycles. The lowest BCUT2D eigenvalue weighted by Gasteiger charge is -2.24. The molecule has 7 nitrogen and oxygen atoms in total. The van der Waals surface area contributed by atoms with E-state index >= 15 is 0 Å². The number of nitrogens with zero attached hydrogens (tertiary/aromatic N) is 2. The fraction of sp³-hybridized carbons (Fsp3) is 0.267. The van der Waals surface area contributed by atoms with Crippen molar-refractivity contribution in [3.8, 4) is 11.5 Å². The molecular weight excluding hydrogens is 286 g/mol. The maximum atomic E-state index is 11.9. The second-order valence-electron chi connectivity index (χ2n) is 5.12. The highest BCUT2D eigenvalue weighted by atomic mass is 16.7. The Morgan fingerprint density at radius 3 is 2.95 bits per heavy atom. The minimum atomic E-state index is -1.25. The predicted molar refractivity (Wildman–Crippen MR) is 76.5 cm³/mol. The highest BCUT2D eigenvalue weighted by Crippen LogP contribution is 2.35. The molecule has 0 aliphatic carbocycles. The number of ether oxygens (including phenoxy) is 2. The van der Waals surface area contributed by atoms with Crippen molar-refractivity contribution in [1.82, 2.24) is 15.3 Å². The zero-order valence-corrected chi connectivity index (χ0v) is 11.9. The van der Waals surface area contributed by atoms with Crippen molar-refractivity contribution >= 4 is 5.91 Å². The fourth-order valence-corrected chi connectivity index (χ4v) is 2.09. The summed E-state index contributed by atoms with van der Waals surface area (Å²) < 4.78 is 10.5. The molecule has 1 atom stereocenters. The topological polar surface area (TPSA) is 93.6 Å². The van der Waals surface area contributed by atoms with E-state index in [0.717, 1.165) is 0 Å². The van der Waals surface area contributed by atoms with Gasteiger partial charge in [-0.25, -0.2) is 4.98 Å². The molecule has 1 aromatic heterocycles. The van der Waals surface area contributed by atoms with Gasteiger partial charge < -0.3 is 19.9 Å². The molecule has 1 unspecified atom stereocenters. The van der Waals surface area contributed by atoms with Crippen molar-refractivity contribution in [3.05, 3.63) is 48.0 Å². The molecule has 22 heavy (non-hydrogen) atoms. The van der Waals surface area contributed by atoms with Crippen LogP contribution in [0.3, 0.4) is 0 Å². The lowest BCUT2D eigenvalue weighted by Crippen LogP contribution is -2.38. The SMILES string of the molecule is CC(O)(CNC(=O)c1cnccn1)c1ccc2c(c1)OCO2. The Hall–Kier alpha value is -2.67. The molecule has 0 bridgehead atoms. The number of carbonyl (C=O) groups excluding carboxylic acids is 1. The number of aliphatic hydroxyl groups is 1. The van der Waals surface area contributed by atoms with Crippen LogP contribution in [0.1, 0.15) is 23.0 Å². The number of hydrogen-bond donors (Lipinski definition) is 2. The summed E-state index contributed by atoms with van der Waals surface area (Å²) >= 11 is 0. The number of fused-ring (bicyclic) bond motifs is 1. The van der Waals surface area contributed by atoms with E-state index in [1.807, 2.05) is 0 Å². The molecule has 0 radical (unpaired) electrons. The third-order valence-electron chi connectivity index (χ3n) is 3.38. The van der Waals surface area contributed by atoms with Gasteiger partial charge >= 0.3 is 0 Å². The summed E-state index contributed by atoms with van der Waals surface area (Å²) in [6, 6.07) is 5.18. The van der Waals surface area contributed by atoms with E-state index in [-0.39, 0.29) is 19.0 Å². The molecular formula is C15H15N3O4. The first kappa shape index (κ1) is 14.3. The van der Waals surface area contributed by atoms with Crippen LogP contribution in [0.5, 0.6) is 11.5 Å². The van der Waals surface area contributed by atoms with Gasteiger partial charge in [-0.3, -0.25) is 9.78 Å². The maximum Gasteiger partial charge on any atom is 0.271 e. The smallest absolute Gasteiger partial charge is 0.271 e. The van der Waals surface area contributed by atoms with Crippen LogP contribution in [-0.2, 0) is 5.60 Å². The van der Waals surface area contributed by atoms with E-state index in [4.69, 9.17) is 9.47 Å². The van der Waals surface area contributed by atoms with Gasteiger partial charge in [0.2, 0.25) is 6.79 Å². The molecule has 7 heteroatoms. The van der Waals surface area contributed by atoms with E-state index in [1.165, 1.54) is 18.6 Å². The zero-order valence-electron chi connectivity index (χ0n) is 11.9. The Bertz CT molecular complexity index is 688. The number of benzene rings is 1. The maximum absolute atomic E-state index is 11.9. The van der Waals surface area contributed by atoms with Gasteiger partial charge in [0.05, 0.1) is 12.7 Å². The van der Waals surface area contributed by atoms with E-state index < -0.39 is 11.5 Å². The number of aromatic nitrogens is 2. The molecule has 0 spiro atoms. The van der Waals surface area contributed by atoms with Gasteiger partial charge in [0.25, 0.3) is 5.91 Å². The van der Waals surface area contributed by atoms with Crippen LogP contribution in [0, 0.1) is 0 Å². The van der Waals surface area contributed by atoms with Gasteiger partial charge in [-0.05, 0) is 24.6 Å². The minimum absolute atomic E-state index is 0.0298. The standard InChI is InChI=1S/C15H15N3O4/c1-15(20,8-18-14(19)11-7-16-4-5-17-11)10-2-3-12-13(6-10)22-9-21-12/h2-7,20H,8-9H2,1H3,(H,18,19). The summed E-state index contributed by atoms with van der Waals surface area (Å²) in [5.41, 5.74) is -0.432. The van der Waals surface area contributed by atoms with Crippen LogP contribution in [0.15, 0.2) is 36.8 Å². The van der Waals surface area contributed by atoms with E-state index in [2.05, 4.69) is 15.3 Å². The third-order valence-corrected chi connectivity index (χ3v) is 3.38. The van der Waals surface area contributed by atoms with Crippen molar-refractivity contribution in [2.75, 3.05) is 13.3 Å². The Morgan fingerprint density at radius 1 is 1.36 bits per heavy atom. The average Bonchev–Trinajstić information content (AvgIpc) is 3.01. The third kappa shape index (κ3) is 2.84. The van der Waals surface area contributed by atoms with Gasteiger partial charge in [0.15, 0.2) is 11.5 Å². The fourth-order valence-electron chi connectivity index (χ4n) is 2.09. The first-order valence-corrected chi connectivity index (χ1v) is 6.73. The average molecular weight is 301 g/mol.